The van der Waals surface area contributed by atoms with E-state index in [2.05, 4.69) is 14.4 Å². The molecule has 0 spiro atoms. The molecule has 0 aromatic carbocycles. The fraction of sp³-hybridized carbons (Fsp3) is 0.500. The molecule has 9 heteroatoms. The molecule has 7 nitrogen and oxygen atoms in total. The lowest BCUT2D eigenvalue weighted by atomic mass is 10.3. The molecule has 0 saturated carbocycles. The van der Waals surface area contributed by atoms with Crippen LogP contribution in [-0.4, -0.2) is 39.9 Å². The molecule has 0 aliphatic rings. The zero-order valence-electron chi connectivity index (χ0n) is 10.5. The van der Waals surface area contributed by atoms with Gasteiger partial charge in [-0.05, 0) is 18.6 Å². The number of nitrogens with one attached hydrogen (secondary N) is 2. The van der Waals surface area contributed by atoms with Crippen molar-refractivity contribution in [2.75, 3.05) is 18.1 Å². The number of pyridine rings is 1. The van der Waals surface area contributed by atoms with Gasteiger partial charge in [0.25, 0.3) is 0 Å². The van der Waals surface area contributed by atoms with Crippen LogP contribution in [0.5, 0.6) is 0 Å². The molecule has 0 bridgehead atoms. The molecule has 0 fully saturated rings. The average molecular weight is 307 g/mol. The summed E-state index contributed by atoms with van der Waals surface area (Å²) < 4.78 is 50.1. The number of aromatic nitrogens is 1. The van der Waals surface area contributed by atoms with Crippen LogP contribution in [0.1, 0.15) is 12.5 Å². The number of nitrogens with zero attached hydrogens (tertiary/aromatic N) is 1. The van der Waals surface area contributed by atoms with Gasteiger partial charge in [0, 0.05) is 25.5 Å². The Balaban J connectivity index is 2.41. The fourth-order valence-corrected chi connectivity index (χ4v) is 2.85. The second-order valence-corrected chi connectivity index (χ2v) is 7.82. The molecule has 1 aromatic heterocycles. The zero-order chi connectivity index (χ0) is 14.4. The highest BCUT2D eigenvalue weighted by Crippen LogP contribution is 1.96. The van der Waals surface area contributed by atoms with Crippen LogP contribution in [0.25, 0.3) is 0 Å². The van der Waals surface area contributed by atoms with Crippen molar-refractivity contribution in [3.63, 3.8) is 0 Å². The van der Waals surface area contributed by atoms with Crippen LogP contribution in [0.15, 0.2) is 24.5 Å². The van der Waals surface area contributed by atoms with Crippen molar-refractivity contribution in [3.05, 3.63) is 30.1 Å². The van der Waals surface area contributed by atoms with Gasteiger partial charge in [-0.15, -0.1) is 0 Å². The first kappa shape index (κ1) is 16.0. The number of sulfonamides is 2. The Kier molecular flexibility index (Phi) is 5.85. The summed E-state index contributed by atoms with van der Waals surface area (Å²) in [5.41, 5.74) is 0.736. The molecule has 1 heterocycles. The molecule has 2 N–H and O–H groups in total. The molecule has 19 heavy (non-hydrogen) atoms. The summed E-state index contributed by atoms with van der Waals surface area (Å²) in [6.07, 6.45) is 3.15. The van der Waals surface area contributed by atoms with Gasteiger partial charge in [-0.1, -0.05) is 6.07 Å². The van der Waals surface area contributed by atoms with Crippen LogP contribution in [0.2, 0.25) is 0 Å². The van der Waals surface area contributed by atoms with Crippen LogP contribution in [0.4, 0.5) is 0 Å². The van der Waals surface area contributed by atoms with Crippen molar-refractivity contribution in [1.82, 2.24) is 14.4 Å². The maximum absolute atomic E-state index is 11.6. The van der Waals surface area contributed by atoms with Gasteiger partial charge < -0.3 is 0 Å². The van der Waals surface area contributed by atoms with Gasteiger partial charge in [-0.25, -0.2) is 26.3 Å². The topological polar surface area (TPSA) is 105 Å². The summed E-state index contributed by atoms with van der Waals surface area (Å²) >= 11 is 0. The lowest BCUT2D eigenvalue weighted by Gasteiger charge is -2.07. The smallest absolute Gasteiger partial charge is 0.213 e. The second-order valence-electron chi connectivity index (χ2n) is 3.80. The highest BCUT2D eigenvalue weighted by atomic mass is 32.2. The van der Waals surface area contributed by atoms with Crippen molar-refractivity contribution in [1.29, 1.82) is 0 Å². The maximum Gasteiger partial charge on any atom is 0.213 e. The molecule has 0 atom stereocenters. The van der Waals surface area contributed by atoms with Crippen molar-refractivity contribution in [3.8, 4) is 0 Å². The minimum atomic E-state index is -3.52. The number of rotatable bonds is 8. The van der Waals surface area contributed by atoms with Crippen molar-refractivity contribution < 1.29 is 16.8 Å². The van der Waals surface area contributed by atoms with E-state index in [1.54, 1.807) is 24.5 Å². The predicted octanol–water partition coefficient (Wildman–Crippen LogP) is -0.560. The van der Waals surface area contributed by atoms with E-state index in [0.717, 1.165) is 5.56 Å². The third-order valence-electron chi connectivity index (χ3n) is 2.29. The molecule has 1 aromatic rings. The normalized spacial score (nSPS) is 12.5. The number of hydrogen-bond donors (Lipinski definition) is 2. The Morgan fingerprint density at radius 2 is 1.89 bits per heavy atom. The first-order chi connectivity index (χ1) is 8.85. The van der Waals surface area contributed by atoms with Crippen molar-refractivity contribution in [2.24, 2.45) is 0 Å². The number of hydrogen-bond acceptors (Lipinski definition) is 5. The molecular weight excluding hydrogens is 290 g/mol. The standard InChI is InChI=1S/C10H17N3O4S2/c1-2-18(14,15)12-6-7-19(16,17)13-9-10-4-3-5-11-8-10/h3-5,8,12-13H,2,6-7,9H2,1H3. The summed E-state index contributed by atoms with van der Waals surface area (Å²) in [7, 11) is -6.88. The van der Waals surface area contributed by atoms with Gasteiger partial charge in [0.05, 0.1) is 11.5 Å². The van der Waals surface area contributed by atoms with E-state index < -0.39 is 20.0 Å². The highest BCUT2D eigenvalue weighted by Gasteiger charge is 2.12. The largest absolute Gasteiger partial charge is 0.264 e. The van der Waals surface area contributed by atoms with Crippen LogP contribution in [0.3, 0.4) is 0 Å². The Morgan fingerprint density at radius 3 is 2.47 bits per heavy atom. The SMILES string of the molecule is CCS(=O)(=O)NCCS(=O)(=O)NCc1cccnc1. The lowest BCUT2D eigenvalue weighted by Crippen LogP contribution is -2.34. The van der Waals surface area contributed by atoms with E-state index in [-0.39, 0.29) is 24.6 Å². The van der Waals surface area contributed by atoms with Crippen molar-refractivity contribution in [2.45, 2.75) is 13.5 Å². The summed E-state index contributed by atoms with van der Waals surface area (Å²) in [6.45, 7) is 1.48. The first-order valence-corrected chi connectivity index (χ1v) is 8.98. The van der Waals surface area contributed by atoms with Gasteiger partial charge >= 0.3 is 0 Å². The molecule has 108 valence electrons. The van der Waals surface area contributed by atoms with Crippen molar-refractivity contribution >= 4 is 20.0 Å². The lowest BCUT2D eigenvalue weighted by molar-refractivity contribution is 0.575. The molecule has 0 aliphatic heterocycles. The van der Waals surface area contributed by atoms with E-state index >= 15 is 0 Å². The van der Waals surface area contributed by atoms with Gasteiger partial charge in [0.1, 0.15) is 0 Å². The van der Waals surface area contributed by atoms with E-state index in [9.17, 15) is 16.8 Å². The minimum absolute atomic E-state index is 0.0733. The Morgan fingerprint density at radius 1 is 1.16 bits per heavy atom. The zero-order valence-corrected chi connectivity index (χ0v) is 12.2. The molecule has 0 saturated heterocycles. The van der Waals surface area contributed by atoms with E-state index in [0.29, 0.717) is 0 Å². The molecular formula is C10H17N3O4S2. The quantitative estimate of drug-likeness (QED) is 0.670. The second kappa shape index (κ2) is 6.94. The average Bonchev–Trinajstić information content (AvgIpc) is 2.37. The summed E-state index contributed by atoms with van der Waals surface area (Å²) in [6, 6.07) is 3.45. The fourth-order valence-electron chi connectivity index (χ4n) is 1.20. The summed E-state index contributed by atoms with van der Waals surface area (Å²) in [5, 5.41) is 0. The molecule has 1 rings (SSSR count). The van der Waals surface area contributed by atoms with Gasteiger partial charge in [0.2, 0.25) is 20.0 Å². The van der Waals surface area contributed by atoms with Crippen LogP contribution < -0.4 is 9.44 Å². The third kappa shape index (κ3) is 6.62. The van der Waals surface area contributed by atoms with Gasteiger partial charge in [-0.2, -0.15) is 0 Å². The third-order valence-corrected chi connectivity index (χ3v) is 5.02. The first-order valence-electron chi connectivity index (χ1n) is 5.68. The maximum atomic E-state index is 11.6. The monoisotopic (exact) mass is 307 g/mol. The highest BCUT2D eigenvalue weighted by molar-refractivity contribution is 7.90. The predicted molar refractivity (Wildman–Crippen MR) is 72.3 cm³/mol. The molecule has 0 aliphatic carbocycles. The summed E-state index contributed by atoms with van der Waals surface area (Å²) in [4.78, 5) is 3.86. The Labute approximate surface area is 113 Å². The van der Waals surface area contributed by atoms with Crippen LogP contribution >= 0.6 is 0 Å². The van der Waals surface area contributed by atoms with Gasteiger partial charge in [-0.3, -0.25) is 4.98 Å². The molecule has 0 amide bonds. The summed E-state index contributed by atoms with van der Waals surface area (Å²) in [5.74, 6) is -0.372. The minimum Gasteiger partial charge on any atom is -0.264 e. The molecule has 0 unspecified atom stereocenters. The van der Waals surface area contributed by atoms with Crippen LogP contribution in [-0.2, 0) is 26.6 Å². The Hall–Kier alpha value is -1.03. The van der Waals surface area contributed by atoms with Crippen LogP contribution in [0, 0.1) is 0 Å². The molecule has 0 radical (unpaired) electrons. The van der Waals surface area contributed by atoms with E-state index in [1.165, 1.54) is 6.92 Å². The van der Waals surface area contributed by atoms with Gasteiger partial charge in [0.15, 0.2) is 0 Å². The van der Waals surface area contributed by atoms with E-state index in [1.807, 2.05) is 0 Å². The Bertz CT molecular complexity index is 584. The van der Waals surface area contributed by atoms with E-state index in [4.69, 9.17) is 0 Å².